The first kappa shape index (κ1) is 30.1. The van der Waals surface area contributed by atoms with Gasteiger partial charge in [0.2, 0.25) is 11.7 Å². The number of hydrogen-bond donors (Lipinski definition) is 1. The molecule has 0 radical (unpaired) electrons. The third-order valence-electron chi connectivity index (χ3n) is 6.82. The van der Waals surface area contributed by atoms with Gasteiger partial charge in [0.25, 0.3) is 0 Å². The SMILES string of the molecule is COc1ccc(CN(C(=O)CSC(=S)N2CCN(c3ccccc3)CC2)c2cc(OC)c(OC)c(OC)c2)cc1O. The van der Waals surface area contributed by atoms with Gasteiger partial charge in [0, 0.05) is 44.0 Å². The van der Waals surface area contributed by atoms with E-state index in [0.29, 0.717) is 33.0 Å². The average molecular weight is 598 g/mol. The first-order valence-electron chi connectivity index (χ1n) is 13.1. The quantitative estimate of drug-likeness (QED) is 0.329. The average Bonchev–Trinajstić information content (AvgIpc) is 3.02. The summed E-state index contributed by atoms with van der Waals surface area (Å²) in [5.41, 5.74) is 2.48. The molecule has 0 aromatic heterocycles. The highest BCUT2D eigenvalue weighted by Gasteiger charge is 2.24. The van der Waals surface area contributed by atoms with E-state index in [1.165, 1.54) is 45.9 Å². The number of anilines is 2. The van der Waals surface area contributed by atoms with Crippen LogP contribution in [0, 0.1) is 0 Å². The number of aromatic hydroxyl groups is 1. The van der Waals surface area contributed by atoms with Gasteiger partial charge in [-0.3, -0.25) is 4.79 Å². The zero-order chi connectivity index (χ0) is 29.4. The summed E-state index contributed by atoms with van der Waals surface area (Å²) < 4.78 is 22.4. The third-order valence-corrected chi connectivity index (χ3v) is 8.33. The van der Waals surface area contributed by atoms with E-state index in [0.717, 1.165) is 31.7 Å². The molecule has 1 fully saturated rings. The Kier molecular flexibility index (Phi) is 10.4. The lowest BCUT2D eigenvalue weighted by Gasteiger charge is -2.37. The molecular formula is C30H35N3O6S2. The molecule has 41 heavy (non-hydrogen) atoms. The molecule has 1 heterocycles. The molecule has 4 rings (SSSR count). The number of thioether (sulfide) groups is 1. The summed E-state index contributed by atoms with van der Waals surface area (Å²) in [5.74, 6) is 1.60. The van der Waals surface area contributed by atoms with Gasteiger partial charge in [0.15, 0.2) is 23.0 Å². The van der Waals surface area contributed by atoms with Gasteiger partial charge in [-0.05, 0) is 29.8 Å². The number of hydrogen-bond acceptors (Lipinski definition) is 9. The molecule has 3 aromatic carbocycles. The van der Waals surface area contributed by atoms with Crippen molar-refractivity contribution in [2.24, 2.45) is 0 Å². The molecule has 1 amide bonds. The highest BCUT2D eigenvalue weighted by atomic mass is 32.2. The molecule has 1 aliphatic rings. The van der Waals surface area contributed by atoms with Gasteiger partial charge in [-0.25, -0.2) is 0 Å². The number of ether oxygens (including phenoxy) is 4. The maximum atomic E-state index is 13.8. The molecule has 0 saturated carbocycles. The van der Waals surface area contributed by atoms with Crippen LogP contribution in [-0.2, 0) is 11.3 Å². The summed E-state index contributed by atoms with van der Waals surface area (Å²) in [6.07, 6.45) is 0. The number of methoxy groups -OCH3 is 4. The van der Waals surface area contributed by atoms with Crippen LogP contribution < -0.4 is 28.7 Å². The number of nitrogens with zero attached hydrogens (tertiary/aromatic N) is 3. The summed E-state index contributed by atoms with van der Waals surface area (Å²) in [6.45, 7) is 3.49. The van der Waals surface area contributed by atoms with Gasteiger partial charge in [0.1, 0.15) is 4.32 Å². The first-order valence-corrected chi connectivity index (χ1v) is 14.5. The second-order valence-electron chi connectivity index (χ2n) is 9.23. The van der Waals surface area contributed by atoms with Crippen LogP contribution in [0.1, 0.15) is 5.56 Å². The summed E-state index contributed by atoms with van der Waals surface area (Å²) in [6, 6.07) is 18.8. The van der Waals surface area contributed by atoms with Gasteiger partial charge in [-0.1, -0.05) is 48.2 Å². The van der Waals surface area contributed by atoms with Crippen molar-refractivity contribution in [1.29, 1.82) is 0 Å². The smallest absolute Gasteiger partial charge is 0.237 e. The maximum absolute atomic E-state index is 13.8. The van der Waals surface area contributed by atoms with E-state index in [2.05, 4.69) is 21.9 Å². The van der Waals surface area contributed by atoms with Crippen molar-refractivity contribution in [3.63, 3.8) is 0 Å². The van der Waals surface area contributed by atoms with Crippen molar-refractivity contribution in [1.82, 2.24) is 4.90 Å². The fraction of sp³-hybridized carbons (Fsp3) is 0.333. The van der Waals surface area contributed by atoms with Crippen molar-refractivity contribution in [2.75, 3.05) is 70.2 Å². The second-order valence-corrected chi connectivity index (χ2v) is 10.8. The van der Waals surface area contributed by atoms with E-state index < -0.39 is 0 Å². The first-order chi connectivity index (χ1) is 19.9. The van der Waals surface area contributed by atoms with Gasteiger partial charge < -0.3 is 38.8 Å². The molecule has 1 N–H and O–H groups in total. The predicted molar refractivity (Wildman–Crippen MR) is 167 cm³/mol. The Labute approximate surface area is 250 Å². The molecule has 0 unspecified atom stereocenters. The number of rotatable bonds is 10. The largest absolute Gasteiger partial charge is 0.504 e. The fourth-order valence-corrected chi connectivity index (χ4v) is 5.77. The minimum absolute atomic E-state index is 0.00695. The van der Waals surface area contributed by atoms with Crippen LogP contribution in [0.25, 0.3) is 0 Å². The third kappa shape index (κ3) is 7.28. The summed E-state index contributed by atoms with van der Waals surface area (Å²) >= 11 is 7.08. The van der Waals surface area contributed by atoms with Crippen molar-refractivity contribution in [2.45, 2.75) is 6.54 Å². The fourth-order valence-electron chi connectivity index (χ4n) is 4.64. The Morgan fingerprint density at radius 1 is 0.878 bits per heavy atom. The monoisotopic (exact) mass is 597 g/mol. The van der Waals surface area contributed by atoms with Crippen LogP contribution in [0.15, 0.2) is 60.7 Å². The summed E-state index contributed by atoms with van der Waals surface area (Å²) in [5, 5.41) is 10.3. The molecular weight excluding hydrogens is 562 g/mol. The zero-order valence-corrected chi connectivity index (χ0v) is 25.3. The van der Waals surface area contributed by atoms with Crippen LogP contribution in [0.4, 0.5) is 11.4 Å². The maximum Gasteiger partial charge on any atom is 0.237 e. The topological polar surface area (TPSA) is 83.9 Å². The van der Waals surface area contributed by atoms with Crippen LogP contribution in [0.5, 0.6) is 28.7 Å². The standard InChI is InChI=1S/C30H35N3O6S2/c1-36-25-11-10-21(16-24(25)34)19-33(23-17-26(37-2)29(39-4)27(18-23)38-3)28(35)20-41-30(40)32-14-12-31(13-15-32)22-8-6-5-7-9-22/h5-11,16-18,34H,12-15,19-20H2,1-4H3. The molecule has 1 saturated heterocycles. The van der Waals surface area contributed by atoms with Crippen LogP contribution >= 0.6 is 24.0 Å². The van der Waals surface area contributed by atoms with Gasteiger partial charge in [-0.15, -0.1) is 0 Å². The molecule has 0 aliphatic carbocycles. The van der Waals surface area contributed by atoms with E-state index in [9.17, 15) is 9.90 Å². The molecule has 11 heteroatoms. The summed E-state index contributed by atoms with van der Waals surface area (Å²) in [4.78, 5) is 19.9. The Bertz CT molecular complexity index is 1320. The molecule has 1 aliphatic heterocycles. The highest BCUT2D eigenvalue weighted by molar-refractivity contribution is 8.23. The number of thiocarbonyl (C=S) groups is 1. The highest BCUT2D eigenvalue weighted by Crippen LogP contribution is 2.41. The van der Waals surface area contributed by atoms with Crippen LogP contribution in [0.3, 0.4) is 0 Å². The lowest BCUT2D eigenvalue weighted by Crippen LogP contribution is -2.47. The van der Waals surface area contributed by atoms with Crippen molar-refractivity contribution >= 4 is 45.6 Å². The molecule has 9 nitrogen and oxygen atoms in total. The number of phenolic OH excluding ortho intramolecular Hbond substituents is 1. The normalized spacial score (nSPS) is 13.0. The Morgan fingerprint density at radius 2 is 1.51 bits per heavy atom. The molecule has 0 spiro atoms. The predicted octanol–water partition coefficient (Wildman–Crippen LogP) is 4.80. The number of piperazine rings is 1. The van der Waals surface area contributed by atoms with Gasteiger partial charge in [0.05, 0.1) is 46.4 Å². The number of phenols is 1. The number of carbonyl (C=O) groups excluding carboxylic acids is 1. The molecule has 3 aromatic rings. The van der Waals surface area contributed by atoms with E-state index in [4.69, 9.17) is 31.2 Å². The van der Waals surface area contributed by atoms with Crippen LogP contribution in [-0.4, -0.2) is 80.6 Å². The van der Waals surface area contributed by atoms with Gasteiger partial charge in [-0.2, -0.15) is 0 Å². The number of benzene rings is 3. The van der Waals surface area contributed by atoms with E-state index in [-0.39, 0.29) is 24.0 Å². The summed E-state index contributed by atoms with van der Waals surface area (Å²) in [7, 11) is 6.07. The van der Waals surface area contributed by atoms with Crippen LogP contribution in [0.2, 0.25) is 0 Å². The van der Waals surface area contributed by atoms with Crippen molar-refractivity contribution in [3.05, 3.63) is 66.2 Å². The van der Waals surface area contributed by atoms with Crippen molar-refractivity contribution in [3.8, 4) is 28.7 Å². The minimum atomic E-state index is -0.162. The Morgan fingerprint density at radius 3 is 2.07 bits per heavy atom. The second kappa shape index (κ2) is 14.2. The lowest BCUT2D eigenvalue weighted by atomic mass is 10.1. The molecule has 218 valence electrons. The van der Waals surface area contributed by atoms with E-state index in [1.807, 2.05) is 18.2 Å². The number of carbonyl (C=O) groups is 1. The molecule has 0 atom stereocenters. The lowest BCUT2D eigenvalue weighted by molar-refractivity contribution is -0.116. The minimum Gasteiger partial charge on any atom is -0.504 e. The Balaban J connectivity index is 1.50. The number of amides is 1. The number of para-hydroxylation sites is 1. The van der Waals surface area contributed by atoms with Crippen molar-refractivity contribution < 1.29 is 28.8 Å². The Hall–Kier alpha value is -3.83. The van der Waals surface area contributed by atoms with E-state index in [1.54, 1.807) is 35.2 Å². The van der Waals surface area contributed by atoms with E-state index >= 15 is 0 Å². The van der Waals surface area contributed by atoms with Gasteiger partial charge >= 0.3 is 0 Å². The zero-order valence-electron chi connectivity index (χ0n) is 23.7. The molecule has 0 bridgehead atoms.